The number of anilines is 1. The average Bonchev–Trinajstić information content (AvgIpc) is 2.88. The van der Waals surface area contributed by atoms with Crippen LogP contribution >= 0.6 is 23.2 Å². The average molecular weight is 521 g/mol. The second-order valence-corrected chi connectivity index (χ2v) is 9.30. The molecule has 35 heavy (non-hydrogen) atoms. The first-order chi connectivity index (χ1) is 16.8. The number of nitrogens with two attached hydrogens (primary N) is 1. The van der Waals surface area contributed by atoms with Gasteiger partial charge in [0.1, 0.15) is 6.61 Å². The summed E-state index contributed by atoms with van der Waals surface area (Å²) in [6, 6.07) is 12.7. The maximum absolute atomic E-state index is 13.4. The highest BCUT2D eigenvalue weighted by Gasteiger charge is 2.43. The molecule has 0 bridgehead atoms. The van der Waals surface area contributed by atoms with Gasteiger partial charge in [0.15, 0.2) is 0 Å². The van der Waals surface area contributed by atoms with E-state index in [2.05, 4.69) is 10.6 Å². The molecule has 2 aromatic rings. The summed E-state index contributed by atoms with van der Waals surface area (Å²) in [5, 5.41) is 6.36. The summed E-state index contributed by atoms with van der Waals surface area (Å²) in [7, 11) is 0. The molecule has 0 atom stereocenters. The van der Waals surface area contributed by atoms with Crippen LogP contribution in [0.15, 0.2) is 42.5 Å². The fourth-order valence-corrected chi connectivity index (χ4v) is 4.37. The Morgan fingerprint density at radius 3 is 2.40 bits per heavy atom. The number of halogens is 2. The minimum Gasteiger partial charge on any atom is -0.448 e. The predicted molar refractivity (Wildman–Crippen MR) is 136 cm³/mol. The smallest absolute Gasteiger partial charge is 0.411 e. The number of carbonyl (C=O) groups excluding carboxylic acids is 3. The van der Waals surface area contributed by atoms with Gasteiger partial charge in [-0.1, -0.05) is 54.4 Å². The van der Waals surface area contributed by atoms with Crippen LogP contribution in [0.25, 0.3) is 0 Å². The zero-order valence-corrected chi connectivity index (χ0v) is 21.1. The molecule has 10 heteroatoms. The Morgan fingerprint density at radius 2 is 1.77 bits per heavy atom. The largest absolute Gasteiger partial charge is 0.448 e. The van der Waals surface area contributed by atoms with Crippen LogP contribution in [-0.2, 0) is 27.3 Å². The number of benzene rings is 2. The normalized spacial score (nSPS) is 14.8. The lowest BCUT2D eigenvalue weighted by molar-refractivity contribution is -0.142. The number of carbonyl (C=O) groups is 3. The van der Waals surface area contributed by atoms with Gasteiger partial charge in [0.25, 0.3) is 0 Å². The Bertz CT molecular complexity index is 1050. The molecule has 1 aliphatic heterocycles. The highest BCUT2D eigenvalue weighted by Crippen LogP contribution is 2.33. The number of hydrogen-bond donors (Lipinski definition) is 3. The van der Waals surface area contributed by atoms with Gasteiger partial charge in [-0.05, 0) is 48.6 Å². The van der Waals surface area contributed by atoms with E-state index in [0.29, 0.717) is 47.2 Å². The summed E-state index contributed by atoms with van der Waals surface area (Å²) < 4.78 is 5.50. The maximum atomic E-state index is 13.4. The van der Waals surface area contributed by atoms with E-state index in [1.54, 1.807) is 35.2 Å². The molecule has 1 aliphatic rings. The van der Waals surface area contributed by atoms with Crippen LogP contribution in [-0.4, -0.2) is 49.0 Å². The molecule has 1 heterocycles. The molecule has 0 saturated carbocycles. The molecule has 1 fully saturated rings. The number of nitrogens with zero attached hydrogens (tertiary/aromatic N) is 1. The van der Waals surface area contributed by atoms with Crippen LogP contribution < -0.4 is 16.4 Å². The monoisotopic (exact) mass is 520 g/mol. The quantitative estimate of drug-likeness (QED) is 0.486. The number of amides is 3. The van der Waals surface area contributed by atoms with Crippen molar-refractivity contribution in [1.82, 2.24) is 10.2 Å². The summed E-state index contributed by atoms with van der Waals surface area (Å²) in [6.45, 7) is 2.67. The first kappa shape index (κ1) is 26.8. The molecular formula is C25H30Cl2N4O4. The number of aryl methyl sites for hydroxylation is 1. The number of nitrogens with one attached hydrogen (secondary N) is 2. The third-order valence-electron chi connectivity index (χ3n) is 6.29. The van der Waals surface area contributed by atoms with E-state index >= 15 is 0 Å². The van der Waals surface area contributed by atoms with E-state index in [-0.39, 0.29) is 31.5 Å². The van der Waals surface area contributed by atoms with E-state index in [1.165, 1.54) is 0 Å². The van der Waals surface area contributed by atoms with Crippen molar-refractivity contribution in [3.63, 3.8) is 0 Å². The second kappa shape index (κ2) is 12.2. The highest BCUT2D eigenvalue weighted by molar-refractivity contribution is 6.42. The van der Waals surface area contributed by atoms with Crippen molar-refractivity contribution in [2.75, 3.05) is 31.6 Å². The summed E-state index contributed by atoms with van der Waals surface area (Å²) in [6.07, 6.45) is 0.894. The summed E-state index contributed by atoms with van der Waals surface area (Å²) >= 11 is 12.3. The standard InChI is InChI=1S/C25H30Cl2N4O4/c1-2-17-6-8-19(9-7-17)30-24(34)35-16-25(10-12-31(13-11-25)21(32)14-28)23(33)29-15-18-4-3-5-20(26)22(18)27/h3-9H,2,10-16,28H2,1H3,(H,29,33)(H,30,34). The molecule has 2 aromatic carbocycles. The summed E-state index contributed by atoms with van der Waals surface area (Å²) in [5.74, 6) is -0.465. The molecule has 4 N–H and O–H groups in total. The number of likely N-dealkylation sites (tertiary alicyclic amines) is 1. The molecule has 8 nitrogen and oxygen atoms in total. The van der Waals surface area contributed by atoms with Gasteiger partial charge in [0, 0.05) is 25.3 Å². The van der Waals surface area contributed by atoms with Crippen molar-refractivity contribution < 1.29 is 19.1 Å². The maximum Gasteiger partial charge on any atom is 0.411 e. The zero-order valence-electron chi connectivity index (χ0n) is 19.6. The summed E-state index contributed by atoms with van der Waals surface area (Å²) in [4.78, 5) is 39.5. The first-order valence-electron chi connectivity index (χ1n) is 11.5. The number of piperidine rings is 1. The van der Waals surface area contributed by atoms with Crippen LogP contribution in [0.4, 0.5) is 10.5 Å². The van der Waals surface area contributed by atoms with Crippen molar-refractivity contribution in [3.8, 4) is 0 Å². The molecule has 188 valence electrons. The topological polar surface area (TPSA) is 114 Å². The van der Waals surface area contributed by atoms with Gasteiger partial charge in [0.05, 0.1) is 22.0 Å². The molecule has 3 rings (SSSR count). The van der Waals surface area contributed by atoms with Gasteiger partial charge >= 0.3 is 6.09 Å². The first-order valence-corrected chi connectivity index (χ1v) is 12.3. The van der Waals surface area contributed by atoms with Crippen molar-refractivity contribution in [1.29, 1.82) is 0 Å². The Balaban J connectivity index is 1.67. The van der Waals surface area contributed by atoms with Crippen molar-refractivity contribution in [3.05, 3.63) is 63.6 Å². The molecule has 3 amide bonds. The SMILES string of the molecule is CCc1ccc(NC(=O)OCC2(C(=O)NCc3cccc(Cl)c3Cl)CCN(C(=O)CN)CC2)cc1. The van der Waals surface area contributed by atoms with Crippen molar-refractivity contribution in [2.24, 2.45) is 11.1 Å². The van der Waals surface area contributed by atoms with Gasteiger partial charge < -0.3 is 20.7 Å². The molecule has 0 radical (unpaired) electrons. The van der Waals surface area contributed by atoms with Crippen LogP contribution in [0.3, 0.4) is 0 Å². The minimum atomic E-state index is -1.00. The Hall–Kier alpha value is -2.81. The fraction of sp³-hybridized carbons (Fsp3) is 0.400. The number of hydrogen-bond acceptors (Lipinski definition) is 5. The van der Waals surface area contributed by atoms with E-state index in [1.807, 2.05) is 19.1 Å². The van der Waals surface area contributed by atoms with Crippen LogP contribution in [0.1, 0.15) is 30.9 Å². The van der Waals surface area contributed by atoms with Gasteiger partial charge in [0.2, 0.25) is 11.8 Å². The highest BCUT2D eigenvalue weighted by atomic mass is 35.5. The van der Waals surface area contributed by atoms with Gasteiger partial charge in [-0.3, -0.25) is 14.9 Å². The lowest BCUT2D eigenvalue weighted by atomic mass is 9.78. The van der Waals surface area contributed by atoms with Crippen molar-refractivity contribution >= 4 is 46.8 Å². The molecule has 0 aliphatic carbocycles. The van der Waals surface area contributed by atoms with Crippen LogP contribution in [0.2, 0.25) is 10.0 Å². The predicted octanol–water partition coefficient (Wildman–Crippen LogP) is 3.99. The lowest BCUT2D eigenvalue weighted by Gasteiger charge is -2.40. The summed E-state index contributed by atoms with van der Waals surface area (Å²) in [5.41, 5.74) is 6.91. The van der Waals surface area contributed by atoms with E-state index < -0.39 is 11.5 Å². The van der Waals surface area contributed by atoms with Crippen molar-refractivity contribution in [2.45, 2.75) is 32.7 Å². The second-order valence-electron chi connectivity index (χ2n) is 8.51. The number of ether oxygens (including phenoxy) is 1. The Kier molecular flexibility index (Phi) is 9.37. The lowest BCUT2D eigenvalue weighted by Crippen LogP contribution is -2.53. The third kappa shape index (κ3) is 6.87. The third-order valence-corrected chi connectivity index (χ3v) is 7.15. The molecule has 1 saturated heterocycles. The van der Waals surface area contributed by atoms with Gasteiger partial charge in [-0.2, -0.15) is 0 Å². The number of rotatable bonds is 8. The molecular weight excluding hydrogens is 491 g/mol. The van der Waals surface area contributed by atoms with Gasteiger partial charge in [-0.15, -0.1) is 0 Å². The van der Waals surface area contributed by atoms with E-state index in [0.717, 1.165) is 12.0 Å². The molecule has 0 aromatic heterocycles. The fourth-order valence-electron chi connectivity index (χ4n) is 3.98. The van der Waals surface area contributed by atoms with Gasteiger partial charge in [-0.25, -0.2) is 4.79 Å². The molecule has 0 spiro atoms. The Morgan fingerprint density at radius 1 is 1.09 bits per heavy atom. The minimum absolute atomic E-state index is 0.0951. The van der Waals surface area contributed by atoms with Crippen LogP contribution in [0.5, 0.6) is 0 Å². The van der Waals surface area contributed by atoms with E-state index in [9.17, 15) is 14.4 Å². The van der Waals surface area contributed by atoms with E-state index in [4.69, 9.17) is 33.7 Å². The Labute approximate surface area is 215 Å². The van der Waals surface area contributed by atoms with Crippen LogP contribution in [0, 0.1) is 5.41 Å². The molecule has 0 unspecified atom stereocenters. The zero-order chi connectivity index (χ0) is 25.4.